The Morgan fingerprint density at radius 1 is 1.05 bits per heavy atom. The maximum absolute atomic E-state index is 13.8. The number of aromatic nitrogens is 5. The maximum atomic E-state index is 13.8. The van der Waals surface area contributed by atoms with E-state index in [0.717, 1.165) is 4.57 Å². The molecule has 2 aromatic carbocycles. The number of rotatable bonds is 5. The number of primary amides is 1. The molecule has 0 unspecified atom stereocenters. The number of imidazole rings is 1. The van der Waals surface area contributed by atoms with Gasteiger partial charge in [-0.2, -0.15) is 4.98 Å². The molecule has 3 N–H and O–H groups in total. The fraction of sp³-hybridized carbons (Fsp3) is 0.250. The summed E-state index contributed by atoms with van der Waals surface area (Å²) in [7, 11) is 3.16. The Morgan fingerprint density at radius 3 is 2.37 bits per heavy atom. The number of halogens is 1. The van der Waals surface area contributed by atoms with Crippen molar-refractivity contribution in [3.63, 3.8) is 0 Å². The van der Waals surface area contributed by atoms with Crippen LogP contribution in [0.4, 0.5) is 16.4 Å². The van der Waals surface area contributed by atoms with Crippen LogP contribution < -0.4 is 22.3 Å². The van der Waals surface area contributed by atoms with E-state index in [4.69, 9.17) is 22.1 Å². The van der Waals surface area contributed by atoms with Crippen LogP contribution in [0, 0.1) is 0 Å². The second-order valence-corrected chi connectivity index (χ2v) is 11.0. The van der Waals surface area contributed by atoms with Crippen LogP contribution in [0.2, 0.25) is 5.02 Å². The molecule has 0 radical (unpaired) electrons. The van der Waals surface area contributed by atoms with Gasteiger partial charge in [-0.15, -0.1) is 0 Å². The fourth-order valence-electron chi connectivity index (χ4n) is 4.59. The average molecular weight is 578 g/mol. The van der Waals surface area contributed by atoms with E-state index in [2.05, 4.69) is 10.3 Å². The van der Waals surface area contributed by atoms with Crippen LogP contribution in [0.5, 0.6) is 0 Å². The van der Waals surface area contributed by atoms with Crippen molar-refractivity contribution in [1.82, 2.24) is 23.3 Å². The van der Waals surface area contributed by atoms with E-state index in [9.17, 15) is 19.2 Å². The molecule has 0 aliphatic heterocycles. The summed E-state index contributed by atoms with van der Waals surface area (Å²) in [5, 5.41) is 4.09. The quantitative estimate of drug-likeness (QED) is 0.323. The predicted octanol–water partition coefficient (Wildman–Crippen LogP) is 3.72. The lowest BCUT2D eigenvalue weighted by Crippen LogP contribution is -2.40. The topological polar surface area (TPSA) is 148 Å². The smallest absolute Gasteiger partial charge is 0.419 e. The third-order valence-corrected chi connectivity index (χ3v) is 6.88. The number of hydrogen-bond donors (Lipinski definition) is 2. The van der Waals surface area contributed by atoms with Crippen LogP contribution in [-0.2, 0) is 25.4 Å². The molecule has 12 nitrogen and oxygen atoms in total. The second-order valence-electron chi connectivity index (χ2n) is 10.6. The molecule has 5 rings (SSSR count). The molecule has 0 aliphatic rings. The van der Waals surface area contributed by atoms with E-state index in [0.29, 0.717) is 38.8 Å². The summed E-state index contributed by atoms with van der Waals surface area (Å²) < 4.78 is 10.8. The molecule has 41 heavy (non-hydrogen) atoms. The lowest BCUT2D eigenvalue weighted by Gasteiger charge is -2.21. The van der Waals surface area contributed by atoms with Gasteiger partial charge in [0, 0.05) is 35.8 Å². The Hall–Kier alpha value is -4.84. The first-order valence-corrected chi connectivity index (χ1v) is 13.0. The van der Waals surface area contributed by atoms with Crippen molar-refractivity contribution in [3.8, 4) is 0 Å². The standard InChI is InChI=1S/C28H28ClN7O5/c1-28(2,3)41-27(40)36-17(13-18-19(29)7-6-8-20(18)36)14-35-24(38)21-23(34(5)26(35)39)32-25(33(21)4)31-16-11-9-15(10-12-16)22(30)37/h6-13H,14H2,1-5H3,(H2,30,37)(H,31,32). The average Bonchev–Trinajstić information content (AvgIpc) is 3.43. The molecular weight excluding hydrogens is 550 g/mol. The molecule has 13 heteroatoms. The second kappa shape index (κ2) is 9.97. The summed E-state index contributed by atoms with van der Waals surface area (Å²) in [6, 6.07) is 13.2. The van der Waals surface area contributed by atoms with E-state index in [1.807, 2.05) is 0 Å². The van der Waals surface area contributed by atoms with Crippen molar-refractivity contribution in [2.24, 2.45) is 19.8 Å². The summed E-state index contributed by atoms with van der Waals surface area (Å²) in [5.41, 5.74) is 5.42. The van der Waals surface area contributed by atoms with Crippen LogP contribution in [0.3, 0.4) is 0 Å². The van der Waals surface area contributed by atoms with Crippen molar-refractivity contribution in [3.05, 3.63) is 85.6 Å². The summed E-state index contributed by atoms with van der Waals surface area (Å²) in [6.45, 7) is 5.01. The summed E-state index contributed by atoms with van der Waals surface area (Å²) >= 11 is 6.42. The van der Waals surface area contributed by atoms with Crippen LogP contribution >= 0.6 is 11.6 Å². The number of carbonyl (C=O) groups excluding carboxylic acids is 2. The number of nitrogens with one attached hydrogen (secondary N) is 1. The number of amides is 1. The van der Waals surface area contributed by atoms with Crippen LogP contribution in [0.15, 0.2) is 58.1 Å². The highest BCUT2D eigenvalue weighted by Crippen LogP contribution is 2.28. The Morgan fingerprint density at radius 2 is 1.73 bits per heavy atom. The summed E-state index contributed by atoms with van der Waals surface area (Å²) in [4.78, 5) is 56.3. The van der Waals surface area contributed by atoms with E-state index >= 15 is 0 Å². The molecule has 0 saturated carbocycles. The third-order valence-electron chi connectivity index (χ3n) is 6.55. The summed E-state index contributed by atoms with van der Waals surface area (Å²) in [6.07, 6.45) is -0.662. The lowest BCUT2D eigenvalue weighted by atomic mass is 10.2. The van der Waals surface area contributed by atoms with E-state index in [1.165, 1.54) is 20.7 Å². The minimum atomic E-state index is -0.784. The van der Waals surface area contributed by atoms with E-state index < -0.39 is 28.9 Å². The molecule has 0 spiro atoms. The van der Waals surface area contributed by atoms with Crippen molar-refractivity contribution in [2.75, 3.05) is 5.32 Å². The van der Waals surface area contributed by atoms with Gasteiger partial charge in [0.05, 0.1) is 17.8 Å². The zero-order valence-corrected chi connectivity index (χ0v) is 23.8. The third kappa shape index (κ3) is 4.97. The van der Waals surface area contributed by atoms with E-state index in [1.54, 1.807) is 76.3 Å². The number of carbonyl (C=O) groups is 2. The van der Waals surface area contributed by atoms with Gasteiger partial charge in [0.2, 0.25) is 11.9 Å². The number of nitrogens with two attached hydrogens (primary N) is 1. The van der Waals surface area contributed by atoms with Crippen LogP contribution in [0.25, 0.3) is 22.1 Å². The van der Waals surface area contributed by atoms with Gasteiger partial charge < -0.3 is 20.4 Å². The predicted molar refractivity (Wildman–Crippen MR) is 156 cm³/mol. The first kappa shape index (κ1) is 27.7. The van der Waals surface area contributed by atoms with E-state index in [-0.39, 0.29) is 17.7 Å². The van der Waals surface area contributed by atoms with Gasteiger partial charge in [-0.05, 0) is 63.2 Å². The van der Waals surface area contributed by atoms with Crippen molar-refractivity contribution < 1.29 is 14.3 Å². The molecule has 0 atom stereocenters. The fourth-order valence-corrected chi connectivity index (χ4v) is 4.82. The molecule has 3 aromatic heterocycles. The minimum absolute atomic E-state index is 0.168. The SMILES string of the molecule is Cn1c(Nc2ccc(C(N)=O)cc2)nc2c1c(=O)n(Cc1cc3c(Cl)cccc3n1C(=O)OC(C)(C)C)c(=O)n2C. The minimum Gasteiger partial charge on any atom is -0.443 e. The number of ether oxygens (including phenoxy) is 1. The van der Waals surface area contributed by atoms with Crippen molar-refractivity contribution in [1.29, 1.82) is 0 Å². The lowest BCUT2D eigenvalue weighted by molar-refractivity contribution is 0.0539. The number of benzene rings is 2. The largest absolute Gasteiger partial charge is 0.443 e. The normalized spacial score (nSPS) is 11.8. The number of anilines is 2. The molecule has 0 fully saturated rings. The molecular formula is C28H28ClN7O5. The Labute approximate surface area is 238 Å². The molecule has 5 aromatic rings. The maximum Gasteiger partial charge on any atom is 0.419 e. The zero-order valence-electron chi connectivity index (χ0n) is 23.1. The monoisotopic (exact) mass is 577 g/mol. The Kier molecular flexibility index (Phi) is 6.74. The number of aryl methyl sites for hydroxylation is 2. The molecule has 1 amide bonds. The van der Waals surface area contributed by atoms with Crippen molar-refractivity contribution >= 4 is 57.3 Å². The van der Waals surface area contributed by atoms with Gasteiger partial charge in [0.15, 0.2) is 11.2 Å². The molecule has 212 valence electrons. The van der Waals surface area contributed by atoms with Crippen molar-refractivity contribution in [2.45, 2.75) is 32.9 Å². The number of hydrogen-bond acceptors (Lipinski definition) is 7. The summed E-state index contributed by atoms with van der Waals surface area (Å²) in [5.74, 6) is -0.255. The first-order valence-electron chi connectivity index (χ1n) is 12.6. The number of fused-ring (bicyclic) bond motifs is 2. The Bertz CT molecular complexity index is 1970. The zero-order chi connectivity index (χ0) is 29.8. The molecule has 0 bridgehead atoms. The van der Waals surface area contributed by atoms with Gasteiger partial charge >= 0.3 is 11.8 Å². The molecule has 3 heterocycles. The van der Waals surface area contributed by atoms with Crippen LogP contribution in [-0.4, -0.2) is 40.9 Å². The van der Waals surface area contributed by atoms with Gasteiger partial charge in [-0.3, -0.25) is 18.7 Å². The molecule has 0 saturated heterocycles. The van der Waals surface area contributed by atoms with Gasteiger partial charge in [0.1, 0.15) is 5.60 Å². The highest BCUT2D eigenvalue weighted by atomic mass is 35.5. The van der Waals surface area contributed by atoms with Gasteiger partial charge in [0.25, 0.3) is 5.56 Å². The van der Waals surface area contributed by atoms with Gasteiger partial charge in [-0.25, -0.2) is 14.2 Å². The first-order chi connectivity index (χ1) is 19.3. The molecule has 0 aliphatic carbocycles. The Balaban J connectivity index is 1.62. The highest BCUT2D eigenvalue weighted by molar-refractivity contribution is 6.35. The highest BCUT2D eigenvalue weighted by Gasteiger charge is 2.25. The van der Waals surface area contributed by atoms with Crippen LogP contribution in [0.1, 0.15) is 36.8 Å². The number of nitrogens with zero attached hydrogens (tertiary/aromatic N) is 5. The van der Waals surface area contributed by atoms with Gasteiger partial charge in [-0.1, -0.05) is 17.7 Å².